The lowest BCUT2D eigenvalue weighted by atomic mass is 10.6. The van der Waals surface area contributed by atoms with Gasteiger partial charge in [0.2, 0.25) is 0 Å². The minimum Gasteiger partial charge on any atom is -0.0925 e. The Kier molecular flexibility index (Phi) is 4.67. The first-order valence-corrected chi connectivity index (χ1v) is 2.85. The molecule has 0 unspecified atom stereocenters. The molecular weight excluding hydrogens is 143 g/mol. The molecule has 0 saturated carbocycles. The third-order valence-electron chi connectivity index (χ3n) is 0.369. The second kappa shape index (κ2) is 4.85. The zero-order valence-corrected chi connectivity index (χ0v) is 5.85. The van der Waals surface area contributed by atoms with Crippen molar-refractivity contribution in [2.24, 2.45) is 0 Å². The van der Waals surface area contributed by atoms with Crippen molar-refractivity contribution < 1.29 is 0 Å². The van der Waals surface area contributed by atoms with Crippen molar-refractivity contribution in [3.05, 3.63) is 0 Å². The van der Waals surface area contributed by atoms with Crippen molar-refractivity contribution in [2.75, 3.05) is 0 Å². The Labute approximate surface area is 59.2 Å². The van der Waals surface area contributed by atoms with Gasteiger partial charge < -0.3 is 0 Å². The van der Waals surface area contributed by atoms with Crippen LogP contribution in [0.15, 0.2) is 0 Å². The lowest BCUT2D eigenvalue weighted by Gasteiger charge is -1.75. The van der Waals surface area contributed by atoms with E-state index in [4.69, 9.17) is 23.2 Å². The second-order valence-corrected chi connectivity index (χ2v) is 2.04. The molecule has 0 N–H and O–H groups in total. The fourth-order valence-corrected chi connectivity index (χ4v) is 0.262. The Morgan fingerprint density at radius 2 is 1.88 bits per heavy atom. The average Bonchev–Trinajstić information content (AvgIpc) is 1.66. The highest BCUT2D eigenvalue weighted by Crippen LogP contribution is 1.96. The van der Waals surface area contributed by atoms with Crippen LogP contribution in [-0.4, -0.2) is 4.84 Å². The van der Waals surface area contributed by atoms with Gasteiger partial charge in [0.15, 0.2) is 4.84 Å². The summed E-state index contributed by atoms with van der Waals surface area (Å²) in [7, 11) is 0. The van der Waals surface area contributed by atoms with E-state index in [-0.39, 0.29) is 0 Å². The largest absolute Gasteiger partial charge is 0.168 e. The molecule has 0 aromatic carbocycles. The van der Waals surface area contributed by atoms with Crippen LogP contribution in [0.3, 0.4) is 0 Å². The van der Waals surface area contributed by atoms with Crippen LogP contribution in [0.5, 0.6) is 0 Å². The third-order valence-corrected chi connectivity index (χ3v) is 0.587. The molecule has 0 nitrogen and oxygen atoms in total. The molecule has 0 radical (unpaired) electrons. The quantitative estimate of drug-likeness (QED) is 0.362. The Bertz CT molecular complexity index is 160. The van der Waals surface area contributed by atoms with Gasteiger partial charge in [0.1, 0.15) is 0 Å². The minimum absolute atomic E-state index is 0.615. The second-order valence-electron chi connectivity index (χ2n) is 0.945. The average molecular weight is 147 g/mol. The molecule has 0 amide bonds. The summed E-state index contributed by atoms with van der Waals surface area (Å²) in [6.07, 6.45) is 0. The Balaban J connectivity index is 3.62. The zero-order valence-electron chi connectivity index (χ0n) is 4.33. The fraction of sp³-hybridized carbons (Fsp3) is 0.333. The van der Waals surface area contributed by atoms with Crippen LogP contribution in [0, 0.1) is 23.7 Å². The van der Waals surface area contributed by atoms with E-state index in [1.807, 2.05) is 0 Å². The Hall–Kier alpha value is -0.300. The van der Waals surface area contributed by atoms with Crippen molar-refractivity contribution in [3.8, 4) is 23.7 Å². The van der Waals surface area contributed by atoms with Crippen molar-refractivity contribution in [3.63, 3.8) is 0 Å². The summed E-state index contributed by atoms with van der Waals surface area (Å²) in [4.78, 5) is -0.615. The Morgan fingerprint density at radius 3 is 2.25 bits per heavy atom. The number of hydrogen-bond acceptors (Lipinski definition) is 0. The number of alkyl halides is 2. The van der Waals surface area contributed by atoms with Gasteiger partial charge in [0.05, 0.1) is 0 Å². The van der Waals surface area contributed by atoms with Gasteiger partial charge in [0.25, 0.3) is 0 Å². The van der Waals surface area contributed by atoms with Gasteiger partial charge in [-0.1, -0.05) is 35.0 Å². The molecular formula is C6H4Cl2. The van der Waals surface area contributed by atoms with Crippen LogP contribution < -0.4 is 0 Å². The van der Waals surface area contributed by atoms with Crippen molar-refractivity contribution in [2.45, 2.75) is 11.8 Å². The van der Waals surface area contributed by atoms with Gasteiger partial charge in [-0.25, -0.2) is 0 Å². The summed E-state index contributed by atoms with van der Waals surface area (Å²) < 4.78 is 0. The first-order chi connectivity index (χ1) is 3.77. The molecule has 0 rings (SSSR count). The molecule has 0 aliphatic rings. The van der Waals surface area contributed by atoms with E-state index < -0.39 is 4.84 Å². The summed E-state index contributed by atoms with van der Waals surface area (Å²) in [6.45, 7) is 1.70. The van der Waals surface area contributed by atoms with Crippen molar-refractivity contribution in [1.29, 1.82) is 0 Å². The van der Waals surface area contributed by atoms with E-state index in [9.17, 15) is 0 Å². The smallest absolute Gasteiger partial charge is 0.0925 e. The molecule has 0 aliphatic heterocycles. The van der Waals surface area contributed by atoms with Crippen LogP contribution in [0.2, 0.25) is 0 Å². The minimum atomic E-state index is -0.615. The normalized spacial score (nSPS) is 6.50. The molecule has 0 fully saturated rings. The van der Waals surface area contributed by atoms with Crippen molar-refractivity contribution in [1.82, 2.24) is 0 Å². The molecule has 0 aromatic heterocycles. The Morgan fingerprint density at radius 1 is 1.25 bits per heavy atom. The van der Waals surface area contributed by atoms with Crippen LogP contribution in [-0.2, 0) is 0 Å². The van der Waals surface area contributed by atoms with E-state index in [1.165, 1.54) is 0 Å². The summed E-state index contributed by atoms with van der Waals surface area (Å²) in [5.41, 5.74) is 0. The highest BCUT2D eigenvalue weighted by atomic mass is 35.5. The van der Waals surface area contributed by atoms with Gasteiger partial charge in [-0.05, 0) is 18.8 Å². The van der Waals surface area contributed by atoms with E-state index in [0.717, 1.165) is 0 Å². The van der Waals surface area contributed by atoms with Crippen molar-refractivity contribution >= 4 is 23.2 Å². The molecule has 0 heterocycles. The maximum absolute atomic E-state index is 5.24. The van der Waals surface area contributed by atoms with Crippen LogP contribution in [0.4, 0.5) is 0 Å². The number of hydrogen-bond donors (Lipinski definition) is 0. The summed E-state index contributed by atoms with van der Waals surface area (Å²) >= 11 is 10.5. The molecule has 0 atom stereocenters. The van der Waals surface area contributed by atoms with Crippen LogP contribution >= 0.6 is 23.2 Å². The lowest BCUT2D eigenvalue weighted by molar-refractivity contribution is 1.73. The fourth-order valence-electron chi connectivity index (χ4n) is 0.153. The summed E-state index contributed by atoms with van der Waals surface area (Å²) in [5, 5.41) is 0. The molecule has 0 aliphatic carbocycles. The number of halogens is 2. The van der Waals surface area contributed by atoms with Crippen LogP contribution in [0.1, 0.15) is 6.92 Å². The van der Waals surface area contributed by atoms with E-state index in [1.54, 1.807) is 6.92 Å². The maximum Gasteiger partial charge on any atom is 0.168 e. The zero-order chi connectivity index (χ0) is 6.41. The SMILES string of the molecule is CC#CC#CC(Cl)Cl. The molecule has 2 heteroatoms. The van der Waals surface area contributed by atoms with E-state index in [2.05, 4.69) is 23.7 Å². The first kappa shape index (κ1) is 7.70. The van der Waals surface area contributed by atoms with Gasteiger partial charge >= 0.3 is 0 Å². The standard InChI is InChI=1S/C6H4Cl2/c1-2-3-4-5-6(7)8/h6H,1H3. The molecule has 0 saturated heterocycles. The highest BCUT2D eigenvalue weighted by Gasteiger charge is 1.83. The molecule has 0 bridgehead atoms. The summed E-state index contributed by atoms with van der Waals surface area (Å²) in [5.74, 6) is 9.99. The van der Waals surface area contributed by atoms with Gasteiger partial charge in [-0.3, -0.25) is 0 Å². The third kappa shape index (κ3) is 5.70. The van der Waals surface area contributed by atoms with Crippen LogP contribution in [0.25, 0.3) is 0 Å². The monoisotopic (exact) mass is 146 g/mol. The number of rotatable bonds is 0. The van der Waals surface area contributed by atoms with Gasteiger partial charge in [-0.2, -0.15) is 0 Å². The summed E-state index contributed by atoms with van der Waals surface area (Å²) in [6, 6.07) is 0. The molecule has 42 valence electrons. The highest BCUT2D eigenvalue weighted by molar-refractivity contribution is 6.46. The molecule has 0 aromatic rings. The molecule has 0 spiro atoms. The predicted octanol–water partition coefficient (Wildman–Crippen LogP) is 1.82. The topological polar surface area (TPSA) is 0 Å². The predicted molar refractivity (Wildman–Crippen MR) is 36.7 cm³/mol. The van der Waals surface area contributed by atoms with Gasteiger partial charge in [0, 0.05) is 0 Å². The van der Waals surface area contributed by atoms with E-state index >= 15 is 0 Å². The maximum atomic E-state index is 5.24. The molecule has 8 heavy (non-hydrogen) atoms. The van der Waals surface area contributed by atoms with E-state index in [0.29, 0.717) is 0 Å². The van der Waals surface area contributed by atoms with Gasteiger partial charge in [-0.15, -0.1) is 0 Å². The lowest BCUT2D eigenvalue weighted by Crippen LogP contribution is -1.73. The first-order valence-electron chi connectivity index (χ1n) is 1.98.